The van der Waals surface area contributed by atoms with Crippen molar-refractivity contribution < 1.29 is 9.63 Å². The van der Waals surface area contributed by atoms with E-state index in [0.717, 1.165) is 5.56 Å². The average molecular weight is 204 g/mol. The Hall–Kier alpha value is -1.81. The number of nitrogen functional groups attached to an aromatic ring is 1. The van der Waals surface area contributed by atoms with Crippen LogP contribution < -0.4 is 5.73 Å². The molecule has 1 atom stereocenters. The lowest BCUT2D eigenvalue weighted by Crippen LogP contribution is -1.88. The SMILES string of the molecule is CC(O)c1cc(-c2cccc(N)c2)on1. The molecule has 15 heavy (non-hydrogen) atoms. The Labute approximate surface area is 87.3 Å². The molecule has 2 rings (SSSR count). The van der Waals surface area contributed by atoms with Crippen molar-refractivity contribution >= 4 is 5.69 Å². The van der Waals surface area contributed by atoms with E-state index in [9.17, 15) is 5.11 Å². The Bertz CT molecular complexity index is 463. The summed E-state index contributed by atoms with van der Waals surface area (Å²) in [5.41, 5.74) is 7.70. The molecule has 1 heterocycles. The predicted molar refractivity (Wildman–Crippen MR) is 57.0 cm³/mol. The smallest absolute Gasteiger partial charge is 0.167 e. The molecule has 0 fully saturated rings. The molecule has 0 saturated heterocycles. The maximum atomic E-state index is 9.29. The van der Waals surface area contributed by atoms with E-state index < -0.39 is 6.10 Å². The molecule has 2 aromatic rings. The summed E-state index contributed by atoms with van der Waals surface area (Å²) in [4.78, 5) is 0. The summed E-state index contributed by atoms with van der Waals surface area (Å²) in [6, 6.07) is 9.03. The number of aliphatic hydroxyl groups is 1. The van der Waals surface area contributed by atoms with Gasteiger partial charge in [0.05, 0.1) is 6.10 Å². The van der Waals surface area contributed by atoms with Gasteiger partial charge >= 0.3 is 0 Å². The number of rotatable bonds is 2. The lowest BCUT2D eigenvalue weighted by Gasteiger charge is -1.96. The summed E-state index contributed by atoms with van der Waals surface area (Å²) >= 11 is 0. The van der Waals surface area contributed by atoms with Crippen LogP contribution in [0.2, 0.25) is 0 Å². The first-order chi connectivity index (χ1) is 7.16. The van der Waals surface area contributed by atoms with Crippen molar-refractivity contribution in [3.8, 4) is 11.3 Å². The molecular weight excluding hydrogens is 192 g/mol. The van der Waals surface area contributed by atoms with Gasteiger partial charge in [0, 0.05) is 17.3 Å². The first kappa shape index (κ1) is 9.73. The third-order valence-electron chi connectivity index (χ3n) is 2.13. The summed E-state index contributed by atoms with van der Waals surface area (Å²) in [5, 5.41) is 13.0. The lowest BCUT2D eigenvalue weighted by molar-refractivity contribution is 0.188. The minimum atomic E-state index is -0.622. The zero-order valence-corrected chi connectivity index (χ0v) is 8.34. The molecule has 0 saturated carbocycles. The Balaban J connectivity index is 2.37. The second-order valence-electron chi connectivity index (χ2n) is 3.42. The van der Waals surface area contributed by atoms with Gasteiger partial charge in [-0.1, -0.05) is 17.3 Å². The summed E-state index contributed by atoms with van der Waals surface area (Å²) in [6.07, 6.45) is -0.622. The normalized spacial score (nSPS) is 12.7. The lowest BCUT2D eigenvalue weighted by atomic mass is 10.1. The highest BCUT2D eigenvalue weighted by Gasteiger charge is 2.10. The largest absolute Gasteiger partial charge is 0.399 e. The van der Waals surface area contributed by atoms with Crippen molar-refractivity contribution in [2.24, 2.45) is 0 Å². The molecule has 78 valence electrons. The molecule has 1 aromatic heterocycles. The molecule has 0 aliphatic heterocycles. The molecule has 0 amide bonds. The van der Waals surface area contributed by atoms with Gasteiger partial charge in [-0.25, -0.2) is 0 Å². The van der Waals surface area contributed by atoms with Gasteiger partial charge in [-0.15, -0.1) is 0 Å². The van der Waals surface area contributed by atoms with Crippen LogP contribution in [0.1, 0.15) is 18.7 Å². The highest BCUT2D eigenvalue weighted by Crippen LogP contribution is 2.24. The predicted octanol–water partition coefficient (Wildman–Crippen LogP) is 1.98. The third-order valence-corrected chi connectivity index (χ3v) is 2.13. The van der Waals surface area contributed by atoms with E-state index in [1.165, 1.54) is 0 Å². The van der Waals surface area contributed by atoms with Gasteiger partial charge in [-0.2, -0.15) is 0 Å². The number of hydrogen-bond donors (Lipinski definition) is 2. The van der Waals surface area contributed by atoms with Gasteiger partial charge in [0.15, 0.2) is 5.76 Å². The number of hydrogen-bond acceptors (Lipinski definition) is 4. The van der Waals surface area contributed by atoms with Crippen molar-refractivity contribution in [1.82, 2.24) is 5.16 Å². The highest BCUT2D eigenvalue weighted by atomic mass is 16.5. The Morgan fingerprint density at radius 1 is 1.40 bits per heavy atom. The van der Waals surface area contributed by atoms with Crippen LogP contribution in [0.25, 0.3) is 11.3 Å². The van der Waals surface area contributed by atoms with Gasteiger partial charge in [-0.3, -0.25) is 0 Å². The topological polar surface area (TPSA) is 72.3 Å². The zero-order chi connectivity index (χ0) is 10.8. The minimum absolute atomic E-state index is 0.521. The van der Waals surface area contributed by atoms with Crippen molar-refractivity contribution in [1.29, 1.82) is 0 Å². The number of aromatic nitrogens is 1. The third kappa shape index (κ3) is 1.99. The van der Waals surface area contributed by atoms with Crippen molar-refractivity contribution in [3.05, 3.63) is 36.0 Å². The number of aliphatic hydroxyl groups excluding tert-OH is 1. The van der Waals surface area contributed by atoms with E-state index in [1.54, 1.807) is 25.1 Å². The second-order valence-corrected chi connectivity index (χ2v) is 3.42. The fraction of sp³-hybridized carbons (Fsp3) is 0.182. The van der Waals surface area contributed by atoms with E-state index in [4.69, 9.17) is 10.3 Å². The summed E-state index contributed by atoms with van der Waals surface area (Å²) in [7, 11) is 0. The number of anilines is 1. The van der Waals surface area contributed by atoms with E-state index in [2.05, 4.69) is 5.16 Å². The number of benzene rings is 1. The molecule has 1 unspecified atom stereocenters. The van der Waals surface area contributed by atoms with Crippen LogP contribution in [-0.4, -0.2) is 10.3 Å². The molecule has 4 nitrogen and oxygen atoms in total. The van der Waals surface area contributed by atoms with Crippen molar-refractivity contribution in [3.63, 3.8) is 0 Å². The van der Waals surface area contributed by atoms with E-state index >= 15 is 0 Å². The van der Waals surface area contributed by atoms with E-state index in [1.807, 2.05) is 12.1 Å². The molecule has 4 heteroatoms. The molecule has 3 N–H and O–H groups in total. The highest BCUT2D eigenvalue weighted by molar-refractivity contribution is 5.62. The van der Waals surface area contributed by atoms with Crippen LogP contribution >= 0.6 is 0 Å². The fourth-order valence-corrected chi connectivity index (χ4v) is 1.31. The Morgan fingerprint density at radius 2 is 2.20 bits per heavy atom. The van der Waals surface area contributed by atoms with E-state index in [-0.39, 0.29) is 0 Å². The van der Waals surface area contributed by atoms with Crippen LogP contribution in [0.15, 0.2) is 34.9 Å². The molecule has 0 spiro atoms. The van der Waals surface area contributed by atoms with Crippen molar-refractivity contribution in [2.45, 2.75) is 13.0 Å². The molecule has 1 aromatic carbocycles. The molecular formula is C11H12N2O2. The Kier molecular flexibility index (Phi) is 2.43. The molecule has 0 aliphatic carbocycles. The average Bonchev–Trinajstić information content (AvgIpc) is 2.66. The van der Waals surface area contributed by atoms with Crippen LogP contribution in [0.3, 0.4) is 0 Å². The molecule has 0 aliphatic rings. The summed E-state index contributed by atoms with van der Waals surface area (Å²) in [6.45, 7) is 1.64. The summed E-state index contributed by atoms with van der Waals surface area (Å²) < 4.78 is 5.10. The van der Waals surface area contributed by atoms with Gasteiger partial charge in [-0.05, 0) is 19.1 Å². The van der Waals surface area contributed by atoms with Crippen LogP contribution in [0.4, 0.5) is 5.69 Å². The van der Waals surface area contributed by atoms with Gasteiger partial charge in [0.25, 0.3) is 0 Å². The van der Waals surface area contributed by atoms with Crippen LogP contribution in [0, 0.1) is 0 Å². The molecule has 0 bridgehead atoms. The van der Waals surface area contributed by atoms with Gasteiger partial charge in [0.2, 0.25) is 0 Å². The first-order valence-electron chi connectivity index (χ1n) is 4.67. The zero-order valence-electron chi connectivity index (χ0n) is 8.34. The minimum Gasteiger partial charge on any atom is -0.399 e. The monoisotopic (exact) mass is 204 g/mol. The molecule has 0 radical (unpaired) electrons. The first-order valence-corrected chi connectivity index (χ1v) is 4.67. The number of nitrogens with zero attached hydrogens (tertiary/aromatic N) is 1. The maximum Gasteiger partial charge on any atom is 0.167 e. The van der Waals surface area contributed by atoms with Crippen LogP contribution in [-0.2, 0) is 0 Å². The maximum absolute atomic E-state index is 9.29. The summed E-state index contributed by atoms with van der Waals surface area (Å²) in [5.74, 6) is 0.609. The van der Waals surface area contributed by atoms with E-state index in [0.29, 0.717) is 17.1 Å². The van der Waals surface area contributed by atoms with Gasteiger partial charge < -0.3 is 15.4 Å². The Morgan fingerprint density at radius 3 is 2.80 bits per heavy atom. The number of nitrogens with two attached hydrogens (primary N) is 1. The van der Waals surface area contributed by atoms with Crippen LogP contribution in [0.5, 0.6) is 0 Å². The van der Waals surface area contributed by atoms with Crippen molar-refractivity contribution in [2.75, 3.05) is 5.73 Å². The quantitative estimate of drug-likeness (QED) is 0.733. The van der Waals surface area contributed by atoms with Gasteiger partial charge in [0.1, 0.15) is 5.69 Å². The fourth-order valence-electron chi connectivity index (χ4n) is 1.31. The second kappa shape index (κ2) is 3.74. The standard InChI is InChI=1S/C11H12N2O2/c1-7(14)10-6-11(15-13-10)8-3-2-4-9(12)5-8/h2-7,14H,12H2,1H3.